The molecule has 1 amide bonds. The second-order valence-electron chi connectivity index (χ2n) is 7.10. The maximum atomic E-state index is 12.5. The summed E-state index contributed by atoms with van der Waals surface area (Å²) in [5, 5.41) is 0. The summed E-state index contributed by atoms with van der Waals surface area (Å²) >= 11 is 0. The second-order valence-corrected chi connectivity index (χ2v) is 7.10. The molecule has 0 aromatic rings. The van der Waals surface area contributed by atoms with Crippen LogP contribution in [-0.2, 0) is 4.79 Å². The summed E-state index contributed by atoms with van der Waals surface area (Å²) in [6.45, 7) is 3.98. The lowest BCUT2D eigenvalue weighted by Crippen LogP contribution is -2.49. The third kappa shape index (κ3) is 2.67. The standard InChI is InChI=1S/C16H28N2O/c1-2-12-10-18(6-5-15(12)17)16(19)9-14-8-11-3-4-13(14)7-11/h11-15H,2-10,17H2,1H3. The van der Waals surface area contributed by atoms with Crippen molar-refractivity contribution in [1.82, 2.24) is 4.90 Å². The van der Waals surface area contributed by atoms with Crippen LogP contribution in [-0.4, -0.2) is 29.9 Å². The van der Waals surface area contributed by atoms with Gasteiger partial charge in [0.1, 0.15) is 0 Å². The van der Waals surface area contributed by atoms with Gasteiger partial charge in [-0.05, 0) is 49.4 Å². The molecule has 3 nitrogen and oxygen atoms in total. The van der Waals surface area contributed by atoms with Crippen LogP contribution < -0.4 is 5.73 Å². The lowest BCUT2D eigenvalue weighted by molar-refractivity contribution is -0.134. The van der Waals surface area contributed by atoms with Crippen LogP contribution in [0.4, 0.5) is 0 Å². The minimum atomic E-state index is 0.302. The highest BCUT2D eigenvalue weighted by atomic mass is 16.2. The number of nitrogens with zero attached hydrogens (tertiary/aromatic N) is 1. The average molecular weight is 264 g/mol. The fraction of sp³-hybridized carbons (Fsp3) is 0.938. The van der Waals surface area contributed by atoms with Gasteiger partial charge < -0.3 is 10.6 Å². The molecule has 2 N–H and O–H groups in total. The van der Waals surface area contributed by atoms with E-state index in [0.29, 0.717) is 23.8 Å². The Balaban J connectivity index is 1.53. The Labute approximate surface area is 116 Å². The Hall–Kier alpha value is -0.570. The minimum Gasteiger partial charge on any atom is -0.342 e. The van der Waals surface area contributed by atoms with Gasteiger partial charge in [-0.3, -0.25) is 4.79 Å². The van der Waals surface area contributed by atoms with Gasteiger partial charge in [-0.15, -0.1) is 0 Å². The number of carbonyl (C=O) groups excluding carboxylic acids is 1. The zero-order valence-corrected chi connectivity index (χ0v) is 12.2. The molecule has 0 aromatic carbocycles. The summed E-state index contributed by atoms with van der Waals surface area (Å²) < 4.78 is 0. The molecule has 1 heterocycles. The van der Waals surface area contributed by atoms with Crippen LogP contribution in [0.15, 0.2) is 0 Å². The molecule has 0 spiro atoms. The summed E-state index contributed by atoms with van der Waals surface area (Å²) in [6.07, 6.45) is 8.42. The molecule has 2 saturated carbocycles. The van der Waals surface area contributed by atoms with Gasteiger partial charge in [0.15, 0.2) is 0 Å². The fourth-order valence-electron chi connectivity index (χ4n) is 4.69. The third-order valence-electron chi connectivity index (χ3n) is 5.99. The molecule has 3 fully saturated rings. The average Bonchev–Trinajstić information content (AvgIpc) is 3.01. The Morgan fingerprint density at radius 2 is 2.05 bits per heavy atom. The number of nitrogens with two attached hydrogens (primary N) is 1. The Bertz CT molecular complexity index is 344. The van der Waals surface area contributed by atoms with E-state index in [2.05, 4.69) is 11.8 Å². The smallest absolute Gasteiger partial charge is 0.222 e. The summed E-state index contributed by atoms with van der Waals surface area (Å²) in [7, 11) is 0. The predicted octanol–water partition coefficient (Wildman–Crippen LogP) is 2.40. The van der Waals surface area contributed by atoms with E-state index in [1.807, 2.05) is 0 Å². The maximum Gasteiger partial charge on any atom is 0.222 e. The first-order valence-electron chi connectivity index (χ1n) is 8.20. The molecule has 5 unspecified atom stereocenters. The first-order valence-corrected chi connectivity index (χ1v) is 8.20. The van der Waals surface area contributed by atoms with Gasteiger partial charge in [0, 0.05) is 25.6 Å². The number of likely N-dealkylation sites (tertiary alicyclic amines) is 1. The quantitative estimate of drug-likeness (QED) is 0.851. The van der Waals surface area contributed by atoms with Crippen LogP contribution in [0, 0.1) is 23.7 Å². The number of hydrogen-bond acceptors (Lipinski definition) is 2. The second kappa shape index (κ2) is 5.43. The molecule has 0 aromatic heterocycles. The van der Waals surface area contributed by atoms with Crippen molar-refractivity contribution < 1.29 is 4.79 Å². The highest BCUT2D eigenvalue weighted by Gasteiger charge is 2.41. The number of amides is 1. The van der Waals surface area contributed by atoms with Gasteiger partial charge in [0.05, 0.1) is 0 Å². The molecule has 1 aliphatic heterocycles. The van der Waals surface area contributed by atoms with Gasteiger partial charge in [-0.2, -0.15) is 0 Å². The molecule has 5 atom stereocenters. The van der Waals surface area contributed by atoms with Crippen LogP contribution in [0.3, 0.4) is 0 Å². The van der Waals surface area contributed by atoms with Crippen molar-refractivity contribution >= 4 is 5.91 Å². The molecule has 1 saturated heterocycles. The molecule has 108 valence electrons. The largest absolute Gasteiger partial charge is 0.342 e. The van der Waals surface area contributed by atoms with E-state index in [-0.39, 0.29) is 0 Å². The van der Waals surface area contributed by atoms with E-state index < -0.39 is 0 Å². The first-order chi connectivity index (χ1) is 9.17. The number of fused-ring (bicyclic) bond motifs is 2. The lowest BCUT2D eigenvalue weighted by atomic mass is 9.85. The summed E-state index contributed by atoms with van der Waals surface area (Å²) in [5.74, 6) is 3.42. The van der Waals surface area contributed by atoms with Crippen LogP contribution in [0.5, 0.6) is 0 Å². The van der Waals surface area contributed by atoms with E-state index >= 15 is 0 Å². The minimum absolute atomic E-state index is 0.302. The van der Waals surface area contributed by atoms with Crippen LogP contribution in [0.2, 0.25) is 0 Å². The van der Waals surface area contributed by atoms with Crippen molar-refractivity contribution in [3.8, 4) is 0 Å². The van der Waals surface area contributed by atoms with Gasteiger partial charge >= 0.3 is 0 Å². The highest BCUT2D eigenvalue weighted by molar-refractivity contribution is 5.76. The van der Waals surface area contributed by atoms with Gasteiger partial charge in [0.25, 0.3) is 0 Å². The SMILES string of the molecule is CCC1CN(C(=O)CC2CC3CCC2C3)CCC1N. The van der Waals surface area contributed by atoms with Crippen molar-refractivity contribution in [3.05, 3.63) is 0 Å². The molecule has 3 rings (SSSR count). The number of rotatable bonds is 3. The van der Waals surface area contributed by atoms with Crippen molar-refractivity contribution in [2.24, 2.45) is 29.4 Å². The molecule has 19 heavy (non-hydrogen) atoms. The Kier molecular flexibility index (Phi) is 3.84. The highest BCUT2D eigenvalue weighted by Crippen LogP contribution is 2.49. The molecular formula is C16H28N2O. The van der Waals surface area contributed by atoms with Crippen molar-refractivity contribution in [2.75, 3.05) is 13.1 Å². The summed E-state index contributed by atoms with van der Waals surface area (Å²) in [6, 6.07) is 0.302. The first kappa shape index (κ1) is 13.4. The van der Waals surface area contributed by atoms with Crippen LogP contribution >= 0.6 is 0 Å². The zero-order chi connectivity index (χ0) is 13.4. The molecular weight excluding hydrogens is 236 g/mol. The normalized spacial score (nSPS) is 41.8. The Morgan fingerprint density at radius 1 is 1.21 bits per heavy atom. The monoisotopic (exact) mass is 264 g/mol. The molecule has 3 heteroatoms. The fourth-order valence-corrected chi connectivity index (χ4v) is 4.69. The van der Waals surface area contributed by atoms with Crippen LogP contribution in [0.1, 0.15) is 51.9 Å². The summed E-state index contributed by atoms with van der Waals surface area (Å²) in [5.41, 5.74) is 6.13. The van der Waals surface area contributed by atoms with E-state index in [0.717, 1.165) is 44.2 Å². The lowest BCUT2D eigenvalue weighted by Gasteiger charge is -2.37. The van der Waals surface area contributed by atoms with Crippen LogP contribution in [0.25, 0.3) is 0 Å². The molecule has 3 aliphatic rings. The van der Waals surface area contributed by atoms with Gasteiger partial charge in [-0.25, -0.2) is 0 Å². The number of carbonyl (C=O) groups is 1. The van der Waals surface area contributed by atoms with Crippen molar-refractivity contribution in [1.29, 1.82) is 0 Å². The van der Waals surface area contributed by atoms with Gasteiger partial charge in [0.2, 0.25) is 5.91 Å². The Morgan fingerprint density at radius 3 is 2.68 bits per heavy atom. The van der Waals surface area contributed by atoms with E-state index in [9.17, 15) is 4.79 Å². The molecule has 2 bridgehead atoms. The molecule has 2 aliphatic carbocycles. The molecule has 0 radical (unpaired) electrons. The van der Waals surface area contributed by atoms with E-state index in [4.69, 9.17) is 5.73 Å². The van der Waals surface area contributed by atoms with Crippen molar-refractivity contribution in [2.45, 2.75) is 57.9 Å². The zero-order valence-electron chi connectivity index (χ0n) is 12.2. The van der Waals surface area contributed by atoms with E-state index in [1.165, 1.54) is 25.7 Å². The summed E-state index contributed by atoms with van der Waals surface area (Å²) in [4.78, 5) is 14.6. The van der Waals surface area contributed by atoms with Gasteiger partial charge in [-0.1, -0.05) is 19.8 Å². The topological polar surface area (TPSA) is 46.3 Å². The predicted molar refractivity (Wildman–Crippen MR) is 76.5 cm³/mol. The maximum absolute atomic E-state index is 12.5. The number of piperidine rings is 1. The van der Waals surface area contributed by atoms with E-state index in [1.54, 1.807) is 0 Å². The van der Waals surface area contributed by atoms with Crippen molar-refractivity contribution in [3.63, 3.8) is 0 Å². The third-order valence-corrected chi connectivity index (χ3v) is 5.99. The number of hydrogen-bond donors (Lipinski definition) is 1.